The largest absolute Gasteiger partial charge is 0.476 e. The number of allylic oxidation sites excluding steroid dienone is 1. The van der Waals surface area contributed by atoms with E-state index in [9.17, 15) is 4.79 Å². The van der Waals surface area contributed by atoms with Gasteiger partial charge in [-0.3, -0.25) is 0 Å². The van der Waals surface area contributed by atoms with Gasteiger partial charge in [-0.2, -0.15) is 0 Å². The molecule has 0 spiro atoms. The number of rotatable bonds is 2. The zero-order chi connectivity index (χ0) is 9.14. The Morgan fingerprint density at radius 1 is 1.67 bits per heavy atom. The number of aromatic carboxylic acids is 1. The molecule has 0 bridgehead atoms. The lowest BCUT2D eigenvalue weighted by Crippen LogP contribution is -1.98. The lowest BCUT2D eigenvalue weighted by molar-refractivity contribution is 0.0685. The first kappa shape index (κ1) is 8.52. The fraction of sp³-hybridized carbons (Fsp3) is 0.250. The van der Waals surface area contributed by atoms with Crippen molar-refractivity contribution in [1.29, 1.82) is 0 Å². The van der Waals surface area contributed by atoms with Gasteiger partial charge in [0.15, 0.2) is 5.69 Å². The van der Waals surface area contributed by atoms with Crippen molar-refractivity contribution in [2.75, 3.05) is 0 Å². The van der Waals surface area contributed by atoms with E-state index in [0.717, 1.165) is 5.57 Å². The third-order valence-corrected chi connectivity index (χ3v) is 1.24. The number of hydrogen-bond acceptors (Lipinski definition) is 3. The number of hydrogen-bond donors (Lipinski definition) is 1. The van der Waals surface area contributed by atoms with Crippen LogP contribution in [0.5, 0.6) is 0 Å². The third-order valence-electron chi connectivity index (χ3n) is 1.24. The van der Waals surface area contributed by atoms with E-state index in [4.69, 9.17) is 5.11 Å². The Kier molecular flexibility index (Phi) is 2.28. The second kappa shape index (κ2) is 3.21. The maximum absolute atomic E-state index is 10.5. The van der Waals surface area contributed by atoms with Crippen molar-refractivity contribution in [2.24, 2.45) is 0 Å². The Morgan fingerprint density at radius 2 is 2.33 bits per heavy atom. The molecule has 0 saturated heterocycles. The molecule has 4 heteroatoms. The summed E-state index contributed by atoms with van der Waals surface area (Å²) in [7, 11) is 0. The van der Waals surface area contributed by atoms with Gasteiger partial charge in [-0.05, 0) is 13.8 Å². The molecule has 1 rings (SSSR count). The van der Waals surface area contributed by atoms with Gasteiger partial charge >= 0.3 is 5.97 Å². The highest BCUT2D eigenvalue weighted by molar-refractivity contribution is 5.89. The number of carbonyl (C=O) groups is 1. The molecule has 1 aromatic heterocycles. The van der Waals surface area contributed by atoms with Crippen LogP contribution in [0.25, 0.3) is 6.08 Å². The lowest BCUT2D eigenvalue weighted by atomic mass is 10.2. The minimum absolute atomic E-state index is 0.0452. The molecule has 0 aromatic carbocycles. The average Bonchev–Trinajstić information content (AvgIpc) is 2.33. The van der Waals surface area contributed by atoms with Crippen LogP contribution in [-0.2, 0) is 0 Å². The molecule has 0 atom stereocenters. The Morgan fingerprint density at radius 3 is 2.83 bits per heavy atom. The topological polar surface area (TPSA) is 63.3 Å². The first-order valence-corrected chi connectivity index (χ1v) is 3.44. The van der Waals surface area contributed by atoms with Crippen molar-refractivity contribution in [3.63, 3.8) is 0 Å². The van der Waals surface area contributed by atoms with E-state index in [1.165, 1.54) is 6.26 Å². The fourth-order valence-corrected chi connectivity index (χ4v) is 0.820. The summed E-state index contributed by atoms with van der Waals surface area (Å²) in [5, 5.41) is 12.0. The Bertz CT molecular complexity index is 321. The van der Waals surface area contributed by atoms with Crippen molar-refractivity contribution in [1.82, 2.24) is 5.16 Å². The molecule has 0 aliphatic heterocycles. The number of nitrogens with zero attached hydrogens (tertiary/aromatic N) is 1. The molecular weight excluding hydrogens is 158 g/mol. The maximum Gasteiger partial charge on any atom is 0.358 e. The molecule has 1 N–H and O–H groups in total. The Hall–Kier alpha value is -1.58. The summed E-state index contributed by atoms with van der Waals surface area (Å²) >= 11 is 0. The molecule has 64 valence electrons. The van der Waals surface area contributed by atoms with Gasteiger partial charge < -0.3 is 9.63 Å². The summed E-state index contributed by atoms with van der Waals surface area (Å²) in [5.41, 5.74) is 1.46. The molecule has 1 aromatic rings. The van der Waals surface area contributed by atoms with Crippen LogP contribution in [0.1, 0.15) is 29.9 Å². The van der Waals surface area contributed by atoms with E-state index in [1.54, 1.807) is 6.08 Å². The monoisotopic (exact) mass is 167 g/mol. The van der Waals surface area contributed by atoms with Gasteiger partial charge in [0, 0.05) is 5.56 Å². The predicted molar refractivity (Wildman–Crippen MR) is 42.8 cm³/mol. The second-order valence-corrected chi connectivity index (χ2v) is 2.65. The molecule has 1 heterocycles. The number of aromatic nitrogens is 1. The summed E-state index contributed by atoms with van der Waals surface area (Å²) in [4.78, 5) is 10.5. The summed E-state index contributed by atoms with van der Waals surface area (Å²) in [5.74, 6) is -1.07. The van der Waals surface area contributed by atoms with Crippen LogP contribution in [0.15, 0.2) is 16.4 Å². The molecule has 4 nitrogen and oxygen atoms in total. The standard InChI is InChI=1S/C8H9NO3/c1-5(2)3-6-4-12-9-7(6)8(10)11/h3-4H,1-2H3,(H,10,11). The molecule has 0 amide bonds. The highest BCUT2D eigenvalue weighted by Gasteiger charge is 2.12. The van der Waals surface area contributed by atoms with E-state index in [1.807, 2.05) is 13.8 Å². The smallest absolute Gasteiger partial charge is 0.358 e. The molecule has 0 saturated carbocycles. The normalized spacial score (nSPS) is 9.50. The summed E-state index contributed by atoms with van der Waals surface area (Å²) in [6.07, 6.45) is 3.02. The number of carboxylic acid groups (broad SMARTS) is 1. The van der Waals surface area contributed by atoms with Crippen LogP contribution in [0.3, 0.4) is 0 Å². The van der Waals surface area contributed by atoms with Crippen LogP contribution in [0, 0.1) is 0 Å². The Labute approximate surface area is 69.5 Å². The molecule has 0 unspecified atom stereocenters. The maximum atomic E-state index is 10.5. The van der Waals surface area contributed by atoms with Gasteiger partial charge in [-0.15, -0.1) is 0 Å². The van der Waals surface area contributed by atoms with E-state index >= 15 is 0 Å². The van der Waals surface area contributed by atoms with E-state index in [2.05, 4.69) is 9.68 Å². The van der Waals surface area contributed by atoms with Crippen molar-refractivity contribution in [3.8, 4) is 0 Å². The molecule has 0 radical (unpaired) electrons. The third kappa shape index (κ3) is 1.72. The highest BCUT2D eigenvalue weighted by atomic mass is 16.5. The lowest BCUT2D eigenvalue weighted by Gasteiger charge is -1.89. The van der Waals surface area contributed by atoms with Crippen molar-refractivity contribution in [2.45, 2.75) is 13.8 Å². The molecule has 0 fully saturated rings. The minimum atomic E-state index is -1.07. The van der Waals surface area contributed by atoms with E-state index in [0.29, 0.717) is 5.56 Å². The molecule has 0 aliphatic carbocycles. The quantitative estimate of drug-likeness (QED) is 0.729. The zero-order valence-electron chi connectivity index (χ0n) is 6.87. The molecular formula is C8H9NO3. The van der Waals surface area contributed by atoms with Crippen LogP contribution in [0.4, 0.5) is 0 Å². The highest BCUT2D eigenvalue weighted by Crippen LogP contribution is 2.10. The van der Waals surface area contributed by atoms with E-state index in [-0.39, 0.29) is 5.69 Å². The van der Waals surface area contributed by atoms with Crippen molar-refractivity contribution >= 4 is 12.0 Å². The summed E-state index contributed by atoms with van der Waals surface area (Å²) < 4.78 is 4.53. The van der Waals surface area contributed by atoms with Crippen LogP contribution >= 0.6 is 0 Å². The average molecular weight is 167 g/mol. The first-order valence-electron chi connectivity index (χ1n) is 3.44. The van der Waals surface area contributed by atoms with Gasteiger partial charge in [-0.1, -0.05) is 16.8 Å². The van der Waals surface area contributed by atoms with Gasteiger partial charge in [0.1, 0.15) is 6.26 Å². The van der Waals surface area contributed by atoms with Crippen LogP contribution in [-0.4, -0.2) is 16.2 Å². The van der Waals surface area contributed by atoms with Gasteiger partial charge in [-0.25, -0.2) is 4.79 Å². The van der Waals surface area contributed by atoms with Gasteiger partial charge in [0.2, 0.25) is 0 Å². The number of carboxylic acids is 1. The molecule has 0 aliphatic rings. The minimum Gasteiger partial charge on any atom is -0.476 e. The predicted octanol–water partition coefficient (Wildman–Crippen LogP) is 1.80. The van der Waals surface area contributed by atoms with Gasteiger partial charge in [0.25, 0.3) is 0 Å². The second-order valence-electron chi connectivity index (χ2n) is 2.65. The van der Waals surface area contributed by atoms with Crippen molar-refractivity contribution in [3.05, 3.63) is 23.1 Å². The first-order chi connectivity index (χ1) is 5.61. The van der Waals surface area contributed by atoms with Gasteiger partial charge in [0.05, 0.1) is 0 Å². The SMILES string of the molecule is CC(C)=Cc1conc1C(=O)O. The summed E-state index contributed by atoms with van der Waals surface area (Å²) in [6.45, 7) is 3.75. The summed E-state index contributed by atoms with van der Waals surface area (Å²) in [6, 6.07) is 0. The van der Waals surface area contributed by atoms with E-state index < -0.39 is 5.97 Å². The van der Waals surface area contributed by atoms with Crippen LogP contribution < -0.4 is 0 Å². The van der Waals surface area contributed by atoms with Crippen molar-refractivity contribution < 1.29 is 14.4 Å². The fourth-order valence-electron chi connectivity index (χ4n) is 0.820. The molecule has 12 heavy (non-hydrogen) atoms. The van der Waals surface area contributed by atoms with Crippen LogP contribution in [0.2, 0.25) is 0 Å². The zero-order valence-corrected chi connectivity index (χ0v) is 6.87. The Balaban J connectivity index is 3.08.